The van der Waals surface area contributed by atoms with E-state index in [-0.39, 0.29) is 7.43 Å². The number of para-hydroxylation sites is 4. The molecule has 10 rings (SSSR count). The van der Waals surface area contributed by atoms with Gasteiger partial charge in [-0.25, -0.2) is 0 Å². The molecule has 0 spiro atoms. The van der Waals surface area contributed by atoms with Crippen molar-refractivity contribution < 1.29 is 8.83 Å². The Hall–Kier alpha value is -7.04. The first-order chi connectivity index (χ1) is 27.2. The molecule has 0 bridgehead atoms. The van der Waals surface area contributed by atoms with Crippen molar-refractivity contribution in [1.82, 2.24) is 0 Å². The lowest BCUT2D eigenvalue weighted by atomic mass is 10.00. The lowest BCUT2D eigenvalue weighted by Crippen LogP contribution is -1.84. The number of terminal acetylenes is 1. The third-order valence-electron chi connectivity index (χ3n) is 9.27. The maximum atomic E-state index is 6.08. The average molecular weight is 786 g/mol. The van der Waals surface area contributed by atoms with E-state index in [9.17, 15) is 0 Å². The van der Waals surface area contributed by atoms with Gasteiger partial charge >= 0.3 is 0 Å². The first-order valence-corrected chi connectivity index (χ1v) is 18.7. The summed E-state index contributed by atoms with van der Waals surface area (Å²) < 4.78 is 13.0. The average Bonchev–Trinajstić information content (AvgIpc) is 3.84. The summed E-state index contributed by atoms with van der Waals surface area (Å²) in [7, 11) is 0. The molecule has 8 aromatic carbocycles. The molecule has 0 unspecified atom stereocenters. The zero-order valence-electron chi connectivity index (χ0n) is 29.7. The van der Waals surface area contributed by atoms with Crippen LogP contribution in [0.25, 0.3) is 66.1 Å². The predicted molar refractivity (Wildman–Crippen MR) is 240 cm³/mol. The van der Waals surface area contributed by atoms with Gasteiger partial charge in [-0.2, -0.15) is 0 Å². The van der Waals surface area contributed by atoms with Crippen LogP contribution in [0.3, 0.4) is 0 Å². The number of hydrogen-bond donors (Lipinski definition) is 0. The summed E-state index contributed by atoms with van der Waals surface area (Å²) in [6, 6.07) is 65.3. The Balaban J connectivity index is 0.000000140. The lowest BCUT2D eigenvalue weighted by molar-refractivity contribution is 0.667. The molecule has 0 amide bonds. The normalized spacial score (nSPS) is 10.3. The predicted octanol–water partition coefficient (Wildman–Crippen LogP) is 15.0. The van der Waals surface area contributed by atoms with E-state index in [1.165, 1.54) is 16.7 Å². The van der Waals surface area contributed by atoms with E-state index in [0.717, 1.165) is 70.6 Å². The standard InChI is InChI=1S/C26H16O.C14H8O.C12H9Br.CH4/c1-2-9-19(10-3-1)22-13-5-4-11-20(22)17-18-21-12-8-15-24-23-14-6-7-16-25(23)27-26(21)24;1-2-10-6-5-8-12-11-7-3-4-9-13(11)15-14(10)12;13-12-9-5-4-8-11(12)10-6-2-1-3-7-10;/h1-16H;1,3-9H;1-9H;1H4. The highest BCUT2D eigenvalue weighted by Crippen LogP contribution is 2.32. The topological polar surface area (TPSA) is 26.3 Å². The molecule has 0 radical (unpaired) electrons. The maximum absolute atomic E-state index is 6.08. The van der Waals surface area contributed by atoms with Crippen molar-refractivity contribution in [3.63, 3.8) is 0 Å². The van der Waals surface area contributed by atoms with Gasteiger partial charge in [0, 0.05) is 31.6 Å². The van der Waals surface area contributed by atoms with Crippen LogP contribution in [-0.2, 0) is 0 Å². The molecule has 0 saturated heterocycles. The molecule has 268 valence electrons. The minimum Gasteiger partial charge on any atom is -0.455 e. The zero-order chi connectivity index (χ0) is 37.4. The minimum absolute atomic E-state index is 0. The minimum atomic E-state index is 0. The molecule has 0 aliphatic rings. The van der Waals surface area contributed by atoms with Crippen LogP contribution < -0.4 is 0 Å². The second kappa shape index (κ2) is 17.4. The van der Waals surface area contributed by atoms with Gasteiger partial charge in [-0.05, 0) is 58.7 Å². The van der Waals surface area contributed by atoms with Gasteiger partial charge in [-0.3, -0.25) is 0 Å². The Kier molecular flexibility index (Phi) is 11.6. The highest BCUT2D eigenvalue weighted by atomic mass is 79.9. The summed E-state index contributed by atoms with van der Waals surface area (Å²) >= 11 is 3.53. The lowest BCUT2D eigenvalue weighted by Gasteiger charge is -2.04. The first kappa shape index (κ1) is 37.3. The second-order valence-corrected chi connectivity index (χ2v) is 13.6. The van der Waals surface area contributed by atoms with Crippen LogP contribution in [0.4, 0.5) is 0 Å². The van der Waals surface area contributed by atoms with E-state index >= 15 is 0 Å². The molecule has 0 aliphatic carbocycles. The molecule has 10 aromatic rings. The maximum Gasteiger partial charge on any atom is 0.151 e. The molecule has 0 saturated carbocycles. The zero-order valence-corrected chi connectivity index (χ0v) is 31.3. The van der Waals surface area contributed by atoms with Crippen LogP contribution in [0.15, 0.2) is 207 Å². The third-order valence-corrected chi connectivity index (χ3v) is 9.96. The Morgan fingerprint density at radius 2 is 0.786 bits per heavy atom. The van der Waals surface area contributed by atoms with Gasteiger partial charge in [-0.15, -0.1) is 6.42 Å². The fraction of sp³-hybridized carbons (Fsp3) is 0.0189. The quantitative estimate of drug-likeness (QED) is 0.163. The van der Waals surface area contributed by atoms with Crippen LogP contribution in [0.1, 0.15) is 24.1 Å². The number of hydrogen-bond acceptors (Lipinski definition) is 2. The summed E-state index contributed by atoms with van der Waals surface area (Å²) in [4.78, 5) is 0. The summed E-state index contributed by atoms with van der Waals surface area (Å²) in [5.74, 6) is 9.32. The molecule has 2 heterocycles. The smallest absolute Gasteiger partial charge is 0.151 e. The van der Waals surface area contributed by atoms with Crippen molar-refractivity contribution in [2.75, 3.05) is 0 Å². The SMILES string of the molecule is Brc1ccccc1-c1ccccc1.C.C#Cc1cccc2c1oc1ccccc12.C(#Cc1cccc2c1oc1ccccc12)c1ccccc1-c1ccccc1. The fourth-order valence-corrected chi connectivity index (χ4v) is 7.13. The second-order valence-electron chi connectivity index (χ2n) is 12.7. The van der Waals surface area contributed by atoms with Gasteiger partial charge < -0.3 is 8.83 Å². The van der Waals surface area contributed by atoms with E-state index in [2.05, 4.69) is 119 Å². The fourth-order valence-electron chi connectivity index (χ4n) is 6.62. The Morgan fingerprint density at radius 3 is 1.38 bits per heavy atom. The summed E-state index contributed by atoms with van der Waals surface area (Å²) in [5, 5.41) is 4.43. The van der Waals surface area contributed by atoms with E-state index in [0.29, 0.717) is 0 Å². The van der Waals surface area contributed by atoms with Crippen LogP contribution in [0, 0.1) is 24.2 Å². The third kappa shape index (κ3) is 7.91. The van der Waals surface area contributed by atoms with Gasteiger partial charge in [0.05, 0.1) is 11.1 Å². The Bertz CT molecular complexity index is 3010. The van der Waals surface area contributed by atoms with Crippen LogP contribution in [0.2, 0.25) is 0 Å². The number of furan rings is 2. The molecule has 0 fully saturated rings. The van der Waals surface area contributed by atoms with E-state index in [1.54, 1.807) is 0 Å². The molecule has 3 heteroatoms. The van der Waals surface area contributed by atoms with Crippen LogP contribution >= 0.6 is 15.9 Å². The largest absolute Gasteiger partial charge is 0.455 e. The van der Waals surface area contributed by atoms with E-state index in [1.807, 2.05) is 109 Å². The number of rotatable bonds is 2. The number of benzene rings is 8. The van der Waals surface area contributed by atoms with Crippen molar-refractivity contribution in [2.24, 2.45) is 0 Å². The van der Waals surface area contributed by atoms with Gasteiger partial charge in [0.1, 0.15) is 11.2 Å². The molecule has 2 aromatic heterocycles. The van der Waals surface area contributed by atoms with Crippen molar-refractivity contribution >= 4 is 59.8 Å². The molecule has 2 nitrogen and oxygen atoms in total. The summed E-state index contributed by atoms with van der Waals surface area (Å²) in [6.07, 6.45) is 5.43. The number of fused-ring (bicyclic) bond motifs is 6. The molecule has 0 N–H and O–H groups in total. The van der Waals surface area contributed by atoms with Gasteiger partial charge in [-0.1, -0.05) is 199 Å². The highest BCUT2D eigenvalue weighted by Gasteiger charge is 2.10. The molecular formula is C53H37BrO2. The molecular weight excluding hydrogens is 748 g/mol. The van der Waals surface area contributed by atoms with Gasteiger partial charge in [0.2, 0.25) is 0 Å². The summed E-state index contributed by atoms with van der Waals surface area (Å²) in [5.41, 5.74) is 11.0. The monoisotopic (exact) mass is 784 g/mol. The van der Waals surface area contributed by atoms with Crippen LogP contribution in [0.5, 0.6) is 0 Å². The first-order valence-electron chi connectivity index (χ1n) is 17.9. The molecule has 0 atom stereocenters. The van der Waals surface area contributed by atoms with Crippen molar-refractivity contribution in [2.45, 2.75) is 7.43 Å². The van der Waals surface area contributed by atoms with Crippen molar-refractivity contribution in [3.8, 4) is 46.4 Å². The number of halogens is 1. The van der Waals surface area contributed by atoms with Crippen molar-refractivity contribution in [1.29, 1.82) is 0 Å². The van der Waals surface area contributed by atoms with Crippen LogP contribution in [-0.4, -0.2) is 0 Å². The molecule has 56 heavy (non-hydrogen) atoms. The highest BCUT2D eigenvalue weighted by molar-refractivity contribution is 9.10. The Labute approximate surface area is 336 Å². The van der Waals surface area contributed by atoms with E-state index < -0.39 is 0 Å². The van der Waals surface area contributed by atoms with E-state index in [4.69, 9.17) is 15.3 Å². The summed E-state index contributed by atoms with van der Waals surface area (Å²) in [6.45, 7) is 0. The van der Waals surface area contributed by atoms with Gasteiger partial charge in [0.25, 0.3) is 0 Å². The van der Waals surface area contributed by atoms with Crippen molar-refractivity contribution in [3.05, 3.63) is 215 Å². The molecule has 0 aliphatic heterocycles. The Morgan fingerprint density at radius 1 is 0.375 bits per heavy atom. The van der Waals surface area contributed by atoms with Gasteiger partial charge in [0.15, 0.2) is 11.2 Å².